The first-order valence-corrected chi connectivity index (χ1v) is 5.08. The van der Waals surface area contributed by atoms with Gasteiger partial charge in [0, 0.05) is 5.92 Å². The highest BCUT2D eigenvalue weighted by molar-refractivity contribution is 5.97. The molecular formula is C12H16O2. The van der Waals surface area contributed by atoms with Crippen molar-refractivity contribution in [3.63, 3.8) is 0 Å². The van der Waals surface area contributed by atoms with E-state index in [4.69, 9.17) is 4.42 Å². The van der Waals surface area contributed by atoms with Crippen molar-refractivity contribution < 1.29 is 9.21 Å². The first-order valence-electron chi connectivity index (χ1n) is 5.08. The van der Waals surface area contributed by atoms with Crippen molar-refractivity contribution in [2.45, 2.75) is 27.2 Å². The minimum absolute atomic E-state index is 0.176. The summed E-state index contributed by atoms with van der Waals surface area (Å²) in [5.74, 6) is 1.41. The summed E-state index contributed by atoms with van der Waals surface area (Å²) in [6.45, 7) is 6.56. The van der Waals surface area contributed by atoms with Gasteiger partial charge in [0.25, 0.3) is 0 Å². The standard InChI is InChI=1S/C12H16O2/c1-12(2,3)9-7-8(9)11(13)10-5-4-6-14-10/h4-6,8-9H,7H2,1-3H3. The Balaban J connectivity index is 2.04. The summed E-state index contributed by atoms with van der Waals surface area (Å²) >= 11 is 0. The topological polar surface area (TPSA) is 30.2 Å². The molecule has 1 heterocycles. The summed E-state index contributed by atoms with van der Waals surface area (Å²) < 4.78 is 5.11. The predicted molar refractivity (Wildman–Crippen MR) is 54.1 cm³/mol. The van der Waals surface area contributed by atoms with Crippen molar-refractivity contribution in [3.8, 4) is 0 Å². The van der Waals surface area contributed by atoms with Gasteiger partial charge in [0.05, 0.1) is 6.26 Å². The van der Waals surface area contributed by atoms with Gasteiger partial charge in [-0.15, -0.1) is 0 Å². The van der Waals surface area contributed by atoms with Gasteiger partial charge in [0.1, 0.15) is 0 Å². The zero-order valence-electron chi connectivity index (χ0n) is 8.91. The molecule has 76 valence electrons. The molecule has 0 N–H and O–H groups in total. The minimum Gasteiger partial charge on any atom is -0.461 e. The van der Waals surface area contributed by atoms with Crippen LogP contribution in [-0.4, -0.2) is 5.78 Å². The Labute approximate surface area is 84.3 Å². The number of hydrogen-bond donors (Lipinski definition) is 0. The molecule has 1 aromatic heterocycles. The van der Waals surface area contributed by atoms with Crippen LogP contribution in [-0.2, 0) is 0 Å². The van der Waals surface area contributed by atoms with Crippen LogP contribution in [0.2, 0.25) is 0 Å². The average Bonchev–Trinajstić information content (AvgIpc) is 2.72. The zero-order valence-corrected chi connectivity index (χ0v) is 8.91. The van der Waals surface area contributed by atoms with Crippen LogP contribution in [0.4, 0.5) is 0 Å². The Morgan fingerprint density at radius 3 is 2.64 bits per heavy atom. The molecule has 0 saturated heterocycles. The third-order valence-electron chi connectivity index (χ3n) is 3.00. The summed E-state index contributed by atoms with van der Waals surface area (Å²) in [6.07, 6.45) is 2.57. The third-order valence-corrected chi connectivity index (χ3v) is 3.00. The fraction of sp³-hybridized carbons (Fsp3) is 0.583. The molecule has 1 fully saturated rings. The SMILES string of the molecule is CC(C)(C)C1CC1C(=O)c1ccco1. The number of hydrogen-bond acceptors (Lipinski definition) is 2. The van der Waals surface area contributed by atoms with E-state index in [1.165, 1.54) is 0 Å². The Hall–Kier alpha value is -1.05. The van der Waals surface area contributed by atoms with Gasteiger partial charge in [-0.2, -0.15) is 0 Å². The van der Waals surface area contributed by atoms with E-state index < -0.39 is 0 Å². The Bertz CT molecular complexity index is 330. The lowest BCUT2D eigenvalue weighted by molar-refractivity contribution is 0.0921. The van der Waals surface area contributed by atoms with Crippen molar-refractivity contribution in [2.24, 2.45) is 17.3 Å². The average molecular weight is 192 g/mol. The number of carbonyl (C=O) groups excluding carboxylic acids is 1. The van der Waals surface area contributed by atoms with Crippen LogP contribution in [0, 0.1) is 17.3 Å². The predicted octanol–water partition coefficient (Wildman–Crippen LogP) is 3.14. The van der Waals surface area contributed by atoms with E-state index in [0.29, 0.717) is 11.7 Å². The number of rotatable bonds is 2. The van der Waals surface area contributed by atoms with E-state index in [2.05, 4.69) is 20.8 Å². The lowest BCUT2D eigenvalue weighted by atomic mass is 9.88. The summed E-state index contributed by atoms with van der Waals surface area (Å²) in [6, 6.07) is 3.52. The molecule has 2 nitrogen and oxygen atoms in total. The van der Waals surface area contributed by atoms with Crippen LogP contribution >= 0.6 is 0 Å². The molecule has 0 aliphatic heterocycles. The summed E-state index contributed by atoms with van der Waals surface area (Å²) in [5, 5.41) is 0. The molecule has 0 aromatic carbocycles. The van der Waals surface area contributed by atoms with Crippen molar-refractivity contribution in [1.29, 1.82) is 0 Å². The molecule has 2 rings (SSSR count). The number of Topliss-reactive ketones (excluding diaryl/α,β-unsaturated/α-hetero) is 1. The monoisotopic (exact) mass is 192 g/mol. The Morgan fingerprint density at radius 2 is 2.21 bits per heavy atom. The van der Waals surface area contributed by atoms with Crippen LogP contribution in [0.5, 0.6) is 0 Å². The molecule has 1 saturated carbocycles. The van der Waals surface area contributed by atoms with E-state index in [0.717, 1.165) is 6.42 Å². The summed E-state index contributed by atoms with van der Waals surface area (Å²) in [4.78, 5) is 11.8. The van der Waals surface area contributed by atoms with Gasteiger partial charge < -0.3 is 4.42 Å². The van der Waals surface area contributed by atoms with E-state index >= 15 is 0 Å². The van der Waals surface area contributed by atoms with Crippen molar-refractivity contribution in [3.05, 3.63) is 24.2 Å². The summed E-state index contributed by atoms with van der Waals surface area (Å²) in [7, 11) is 0. The van der Waals surface area contributed by atoms with Gasteiger partial charge >= 0.3 is 0 Å². The fourth-order valence-corrected chi connectivity index (χ4v) is 2.04. The molecule has 0 spiro atoms. The molecule has 1 aliphatic carbocycles. The maximum atomic E-state index is 11.8. The van der Waals surface area contributed by atoms with Gasteiger partial charge in [-0.3, -0.25) is 4.79 Å². The highest BCUT2D eigenvalue weighted by atomic mass is 16.3. The maximum absolute atomic E-state index is 11.8. The lowest BCUT2D eigenvalue weighted by Gasteiger charge is -2.17. The second-order valence-corrected chi connectivity index (χ2v) is 5.16. The normalized spacial score (nSPS) is 26.2. The third kappa shape index (κ3) is 1.61. The van der Waals surface area contributed by atoms with Gasteiger partial charge in [-0.1, -0.05) is 20.8 Å². The van der Waals surface area contributed by atoms with Gasteiger partial charge in [0.15, 0.2) is 5.76 Å². The molecule has 1 aliphatic rings. The molecule has 2 atom stereocenters. The van der Waals surface area contributed by atoms with Crippen molar-refractivity contribution in [2.75, 3.05) is 0 Å². The van der Waals surface area contributed by atoms with Crippen LogP contribution in [0.3, 0.4) is 0 Å². The number of ketones is 1. The van der Waals surface area contributed by atoms with E-state index in [-0.39, 0.29) is 17.1 Å². The van der Waals surface area contributed by atoms with Crippen LogP contribution < -0.4 is 0 Å². The largest absolute Gasteiger partial charge is 0.461 e. The second-order valence-electron chi connectivity index (χ2n) is 5.16. The van der Waals surface area contributed by atoms with E-state index in [1.807, 2.05) is 0 Å². The summed E-state index contributed by atoms with van der Waals surface area (Å²) in [5.41, 5.74) is 0.243. The molecule has 1 aromatic rings. The molecule has 2 heteroatoms. The molecule has 0 bridgehead atoms. The Kier molecular flexibility index (Phi) is 2.02. The van der Waals surface area contributed by atoms with Crippen LogP contribution in [0.15, 0.2) is 22.8 Å². The first-order chi connectivity index (χ1) is 6.50. The van der Waals surface area contributed by atoms with Gasteiger partial charge in [-0.05, 0) is 29.9 Å². The second kappa shape index (κ2) is 2.97. The van der Waals surface area contributed by atoms with Gasteiger partial charge in [0.2, 0.25) is 5.78 Å². The zero-order chi connectivity index (χ0) is 10.3. The van der Waals surface area contributed by atoms with Crippen molar-refractivity contribution in [1.82, 2.24) is 0 Å². The number of carbonyl (C=O) groups is 1. The Morgan fingerprint density at radius 1 is 1.50 bits per heavy atom. The molecule has 14 heavy (non-hydrogen) atoms. The minimum atomic E-state index is 0.176. The quantitative estimate of drug-likeness (QED) is 0.674. The lowest BCUT2D eigenvalue weighted by Crippen LogP contribution is -2.13. The first kappa shape index (κ1) is 9.50. The maximum Gasteiger partial charge on any atom is 0.201 e. The molecule has 2 unspecified atom stereocenters. The van der Waals surface area contributed by atoms with Gasteiger partial charge in [-0.25, -0.2) is 0 Å². The highest BCUT2D eigenvalue weighted by Gasteiger charge is 2.50. The molecule has 0 radical (unpaired) electrons. The van der Waals surface area contributed by atoms with E-state index in [1.54, 1.807) is 18.4 Å². The smallest absolute Gasteiger partial charge is 0.201 e. The highest BCUT2D eigenvalue weighted by Crippen LogP contribution is 2.51. The van der Waals surface area contributed by atoms with Crippen molar-refractivity contribution >= 4 is 5.78 Å². The number of furan rings is 1. The van der Waals surface area contributed by atoms with E-state index in [9.17, 15) is 4.79 Å². The van der Waals surface area contributed by atoms with Crippen LogP contribution in [0.25, 0.3) is 0 Å². The molecule has 0 amide bonds. The fourth-order valence-electron chi connectivity index (χ4n) is 2.04. The van der Waals surface area contributed by atoms with Crippen LogP contribution in [0.1, 0.15) is 37.7 Å². The molecular weight excluding hydrogens is 176 g/mol.